The Morgan fingerprint density at radius 1 is 0.279 bits per heavy atom. The summed E-state index contributed by atoms with van der Waals surface area (Å²) in [5.74, 6) is 0.265. The Kier molecular flexibility index (Phi) is 73.7. The molecule has 0 amide bonds. The van der Waals surface area contributed by atoms with Crippen LogP contribution in [0.25, 0.3) is 0 Å². The first-order valence-corrected chi connectivity index (χ1v) is 46.9. The number of unbranched alkanes of at least 4 members (excludes halogenated alkanes) is 50. The van der Waals surface area contributed by atoms with Crippen molar-refractivity contribution >= 4 is 39.5 Å². The maximum atomic E-state index is 13.1. The van der Waals surface area contributed by atoms with Crippen LogP contribution in [0.4, 0.5) is 0 Å². The predicted octanol–water partition coefficient (Wildman–Crippen LogP) is 25.7. The number of ether oxygens (including phenoxy) is 4. The fourth-order valence-electron chi connectivity index (χ4n) is 13.2. The molecule has 0 saturated carbocycles. The van der Waals surface area contributed by atoms with Gasteiger partial charge in [-0.05, 0) is 43.4 Å². The number of phosphoric ester groups is 2. The molecule has 0 aromatic rings. The number of phosphoric acid groups is 2. The number of carbonyl (C=O) groups excluding carboxylic acids is 4. The molecule has 0 rings (SSSR count). The van der Waals surface area contributed by atoms with Gasteiger partial charge in [-0.1, -0.05) is 395 Å². The summed E-state index contributed by atoms with van der Waals surface area (Å²) in [6.45, 7) is 12.0. The van der Waals surface area contributed by atoms with Gasteiger partial charge in [0.05, 0.1) is 26.4 Å². The second kappa shape index (κ2) is 75.1. The number of hydrogen-bond acceptors (Lipinski definition) is 15. The van der Waals surface area contributed by atoms with Crippen LogP contribution in [-0.2, 0) is 65.4 Å². The van der Waals surface area contributed by atoms with E-state index in [4.69, 9.17) is 37.0 Å². The van der Waals surface area contributed by atoms with E-state index in [2.05, 4.69) is 48.5 Å². The smallest absolute Gasteiger partial charge is 0.462 e. The third kappa shape index (κ3) is 76.8. The summed E-state index contributed by atoms with van der Waals surface area (Å²) < 4.78 is 68.7. The summed E-state index contributed by atoms with van der Waals surface area (Å²) >= 11 is 0. The van der Waals surface area contributed by atoms with Crippen molar-refractivity contribution in [3.05, 3.63) is 0 Å². The lowest BCUT2D eigenvalue weighted by atomic mass is 9.99. The molecule has 0 aliphatic carbocycles. The highest BCUT2D eigenvalue weighted by molar-refractivity contribution is 7.47. The van der Waals surface area contributed by atoms with Gasteiger partial charge in [0, 0.05) is 25.7 Å². The zero-order chi connectivity index (χ0) is 76.5. The van der Waals surface area contributed by atoms with Gasteiger partial charge in [0.25, 0.3) is 0 Å². The van der Waals surface area contributed by atoms with E-state index in [0.717, 1.165) is 108 Å². The molecule has 0 aromatic heterocycles. The second-order valence-electron chi connectivity index (χ2n) is 31.8. The van der Waals surface area contributed by atoms with Gasteiger partial charge in [-0.25, -0.2) is 9.13 Å². The average molecular weight is 1520 g/mol. The summed E-state index contributed by atoms with van der Waals surface area (Å²) in [7, 11) is -9.92. The van der Waals surface area contributed by atoms with Crippen molar-refractivity contribution in [3.8, 4) is 0 Å². The van der Waals surface area contributed by atoms with Gasteiger partial charge in [-0.2, -0.15) is 0 Å². The lowest BCUT2D eigenvalue weighted by Crippen LogP contribution is -2.30. The molecule has 0 spiro atoms. The SMILES string of the molecule is CCCCCCCCCCCCCCC(=O)O[C@H](COC(=O)CCCCCCCCC(C)C)COP(=O)(O)OC[C@H](O)COP(=O)(O)OC[C@@H](COC(=O)CCCCCCCCCCCCCCCCCCCCC(C)C)OC(=O)CCCCCCCCCCCCCCCCCCCCC(C)CC. The number of esters is 4. The molecule has 0 aliphatic heterocycles. The monoisotopic (exact) mass is 1520 g/mol. The lowest BCUT2D eigenvalue weighted by Gasteiger charge is -2.21. The first-order valence-electron chi connectivity index (χ1n) is 43.9. The lowest BCUT2D eigenvalue weighted by molar-refractivity contribution is -0.161. The van der Waals surface area contributed by atoms with Gasteiger partial charge in [-0.15, -0.1) is 0 Å². The van der Waals surface area contributed by atoms with Gasteiger partial charge in [0.15, 0.2) is 12.2 Å². The number of rotatable bonds is 83. The van der Waals surface area contributed by atoms with Crippen molar-refractivity contribution in [2.45, 2.75) is 465 Å². The Morgan fingerprint density at radius 2 is 0.490 bits per heavy atom. The van der Waals surface area contributed by atoms with Crippen molar-refractivity contribution in [2.75, 3.05) is 39.6 Å². The zero-order valence-corrected chi connectivity index (χ0v) is 70.3. The molecular formula is C85H166O17P2. The van der Waals surface area contributed by atoms with Crippen molar-refractivity contribution < 1.29 is 80.2 Å². The fraction of sp³-hybridized carbons (Fsp3) is 0.953. The van der Waals surface area contributed by atoms with Crippen molar-refractivity contribution in [1.82, 2.24) is 0 Å². The van der Waals surface area contributed by atoms with Crippen molar-refractivity contribution in [3.63, 3.8) is 0 Å². The minimum Gasteiger partial charge on any atom is -0.462 e. The van der Waals surface area contributed by atoms with E-state index < -0.39 is 97.5 Å². The quantitative estimate of drug-likeness (QED) is 0.0222. The van der Waals surface area contributed by atoms with E-state index in [-0.39, 0.29) is 25.7 Å². The number of hydrogen-bond donors (Lipinski definition) is 3. The van der Waals surface area contributed by atoms with Crippen LogP contribution in [0.15, 0.2) is 0 Å². The molecule has 618 valence electrons. The highest BCUT2D eigenvalue weighted by Gasteiger charge is 2.30. The standard InChI is InChI=1S/C85H166O17P2/c1-8-10-11-12-13-14-15-34-40-45-54-61-68-84(89)102-81(73-96-83(88)67-60-53-48-47-50-57-64-77(5)6)75-100-104(93,94)98-71-79(86)70-97-103(91,92)99-74-80(72-95-82(87)66-59-52-44-39-35-30-26-22-18-16-20-24-28-32-37-42-49-56-63-76(3)4)101-85(90)69-62-55-46-41-36-31-27-23-19-17-21-25-29-33-38-43-51-58-65-78(7)9-2/h76-81,86H,8-75H2,1-7H3,(H,91,92)(H,93,94)/t78?,79-,80-,81-/m1/s1. The third-order valence-corrected chi connectivity index (χ3v) is 22.1. The molecule has 3 unspecified atom stereocenters. The molecule has 0 fully saturated rings. The Hall–Kier alpha value is -1.94. The van der Waals surface area contributed by atoms with E-state index in [1.54, 1.807) is 0 Å². The van der Waals surface area contributed by atoms with E-state index in [1.807, 2.05) is 0 Å². The molecule has 0 aromatic carbocycles. The second-order valence-corrected chi connectivity index (χ2v) is 34.7. The molecule has 19 heteroatoms. The van der Waals surface area contributed by atoms with Gasteiger partial charge >= 0.3 is 39.5 Å². The molecule has 0 heterocycles. The van der Waals surface area contributed by atoms with E-state index in [0.29, 0.717) is 31.6 Å². The first-order chi connectivity index (χ1) is 50.3. The van der Waals surface area contributed by atoms with Crippen LogP contribution in [0, 0.1) is 17.8 Å². The van der Waals surface area contributed by atoms with Gasteiger partial charge < -0.3 is 33.8 Å². The van der Waals surface area contributed by atoms with Crippen LogP contribution in [0.3, 0.4) is 0 Å². The summed E-state index contributed by atoms with van der Waals surface area (Å²) in [4.78, 5) is 73.1. The highest BCUT2D eigenvalue weighted by atomic mass is 31.2. The van der Waals surface area contributed by atoms with Crippen LogP contribution in [0.5, 0.6) is 0 Å². The molecular weight excluding hydrogens is 1350 g/mol. The molecule has 17 nitrogen and oxygen atoms in total. The van der Waals surface area contributed by atoms with Crippen molar-refractivity contribution in [2.24, 2.45) is 17.8 Å². The molecule has 104 heavy (non-hydrogen) atoms. The predicted molar refractivity (Wildman–Crippen MR) is 428 cm³/mol. The minimum absolute atomic E-state index is 0.106. The maximum absolute atomic E-state index is 13.1. The van der Waals surface area contributed by atoms with Crippen LogP contribution >= 0.6 is 15.6 Å². The average Bonchev–Trinajstić information content (AvgIpc) is 0.903. The Bertz CT molecular complexity index is 2010. The van der Waals surface area contributed by atoms with E-state index >= 15 is 0 Å². The molecule has 3 N–H and O–H groups in total. The molecule has 0 bridgehead atoms. The van der Waals surface area contributed by atoms with Crippen molar-refractivity contribution in [1.29, 1.82) is 0 Å². The number of aliphatic hydroxyl groups is 1. The van der Waals surface area contributed by atoms with Crippen LogP contribution < -0.4 is 0 Å². The highest BCUT2D eigenvalue weighted by Crippen LogP contribution is 2.45. The normalized spacial score (nSPS) is 14.2. The number of carbonyl (C=O) groups is 4. The fourth-order valence-corrected chi connectivity index (χ4v) is 14.7. The van der Waals surface area contributed by atoms with Crippen LogP contribution in [0.2, 0.25) is 0 Å². The van der Waals surface area contributed by atoms with Gasteiger partial charge in [0.2, 0.25) is 0 Å². The van der Waals surface area contributed by atoms with E-state index in [1.165, 1.54) is 250 Å². The summed E-state index contributed by atoms with van der Waals surface area (Å²) in [5.41, 5.74) is 0. The topological polar surface area (TPSA) is 237 Å². The molecule has 6 atom stereocenters. The van der Waals surface area contributed by atoms with Gasteiger partial charge in [-0.3, -0.25) is 37.3 Å². The Morgan fingerprint density at radius 3 is 0.731 bits per heavy atom. The number of aliphatic hydroxyl groups excluding tert-OH is 1. The Labute approximate surface area is 638 Å². The maximum Gasteiger partial charge on any atom is 0.472 e. The minimum atomic E-state index is -4.97. The molecule has 0 saturated heterocycles. The molecule has 0 aliphatic rings. The zero-order valence-electron chi connectivity index (χ0n) is 68.5. The molecule has 0 radical (unpaired) electrons. The Balaban J connectivity index is 5.18. The first kappa shape index (κ1) is 102. The van der Waals surface area contributed by atoms with Gasteiger partial charge in [0.1, 0.15) is 19.3 Å². The van der Waals surface area contributed by atoms with Crippen LogP contribution in [-0.4, -0.2) is 96.7 Å². The van der Waals surface area contributed by atoms with Crippen LogP contribution in [0.1, 0.15) is 447 Å². The largest absolute Gasteiger partial charge is 0.472 e. The third-order valence-electron chi connectivity index (χ3n) is 20.2. The summed E-state index contributed by atoms with van der Waals surface area (Å²) in [5, 5.41) is 10.6. The summed E-state index contributed by atoms with van der Waals surface area (Å²) in [6, 6.07) is 0. The summed E-state index contributed by atoms with van der Waals surface area (Å²) in [6.07, 6.45) is 65.5. The van der Waals surface area contributed by atoms with E-state index in [9.17, 15) is 43.2 Å².